The summed E-state index contributed by atoms with van der Waals surface area (Å²) in [6, 6.07) is 27.0. The first-order chi connectivity index (χ1) is 15.1. The number of cyclic esters (lactones) is 1. The molecule has 0 unspecified atom stereocenters. The molecule has 0 aromatic heterocycles. The molecule has 0 aliphatic carbocycles. The molecule has 4 heteroatoms. The van der Waals surface area contributed by atoms with E-state index in [4.69, 9.17) is 4.74 Å². The largest absolute Gasteiger partial charge is 0.438 e. The summed E-state index contributed by atoms with van der Waals surface area (Å²) in [5.74, 6) is -0.155. The highest BCUT2D eigenvalue weighted by atomic mass is 16.6. The van der Waals surface area contributed by atoms with Crippen LogP contribution in [-0.2, 0) is 9.53 Å². The number of imide groups is 1. The molecule has 0 N–H and O–H groups in total. The van der Waals surface area contributed by atoms with E-state index in [0.29, 0.717) is 0 Å². The molecule has 1 aliphatic rings. The second kappa shape index (κ2) is 9.17. The molecule has 0 saturated carbocycles. The van der Waals surface area contributed by atoms with Crippen molar-refractivity contribution in [1.82, 2.24) is 4.90 Å². The lowest BCUT2D eigenvalue weighted by Crippen LogP contribution is -2.35. The third kappa shape index (κ3) is 4.38. The van der Waals surface area contributed by atoms with Gasteiger partial charge in [-0.15, -0.1) is 0 Å². The van der Waals surface area contributed by atoms with Gasteiger partial charge in [0.1, 0.15) is 6.04 Å². The number of hydrogen-bond donors (Lipinski definition) is 0. The van der Waals surface area contributed by atoms with Crippen LogP contribution in [-0.4, -0.2) is 16.9 Å². The van der Waals surface area contributed by atoms with Gasteiger partial charge in [0.15, 0.2) is 6.10 Å². The van der Waals surface area contributed by atoms with Crippen molar-refractivity contribution in [3.8, 4) is 0 Å². The van der Waals surface area contributed by atoms with E-state index in [-0.39, 0.29) is 18.2 Å². The van der Waals surface area contributed by atoms with Gasteiger partial charge < -0.3 is 4.74 Å². The van der Waals surface area contributed by atoms with Crippen molar-refractivity contribution in [1.29, 1.82) is 0 Å². The topological polar surface area (TPSA) is 46.6 Å². The fraction of sp³-hybridized carbons (Fsp3) is 0.259. The van der Waals surface area contributed by atoms with E-state index in [9.17, 15) is 9.59 Å². The van der Waals surface area contributed by atoms with Gasteiger partial charge in [-0.2, -0.15) is 0 Å². The molecule has 2 amide bonds. The van der Waals surface area contributed by atoms with Crippen LogP contribution >= 0.6 is 0 Å². The molecule has 4 nitrogen and oxygen atoms in total. The predicted molar refractivity (Wildman–Crippen MR) is 121 cm³/mol. The molecule has 1 saturated heterocycles. The highest BCUT2D eigenvalue weighted by molar-refractivity contribution is 5.94. The average Bonchev–Trinajstić information content (AvgIpc) is 3.15. The highest BCUT2D eigenvalue weighted by Gasteiger charge is 2.47. The lowest BCUT2D eigenvalue weighted by molar-refractivity contribution is -0.129. The van der Waals surface area contributed by atoms with Gasteiger partial charge in [-0.3, -0.25) is 4.79 Å². The normalized spacial score (nSPS) is 19.2. The number of amides is 2. The zero-order valence-corrected chi connectivity index (χ0v) is 17.9. The van der Waals surface area contributed by atoms with Crippen molar-refractivity contribution in [3.63, 3.8) is 0 Å². The summed E-state index contributed by atoms with van der Waals surface area (Å²) in [5, 5.41) is 0. The highest BCUT2D eigenvalue weighted by Crippen LogP contribution is 2.44. The maximum Gasteiger partial charge on any atom is 0.417 e. The Kier molecular flexibility index (Phi) is 6.17. The molecule has 3 atom stereocenters. The van der Waals surface area contributed by atoms with Crippen molar-refractivity contribution in [2.75, 3.05) is 0 Å². The van der Waals surface area contributed by atoms with E-state index < -0.39 is 18.2 Å². The van der Waals surface area contributed by atoms with E-state index in [1.807, 2.05) is 79.7 Å². The van der Waals surface area contributed by atoms with E-state index >= 15 is 0 Å². The zero-order valence-electron chi connectivity index (χ0n) is 17.9. The van der Waals surface area contributed by atoms with Gasteiger partial charge in [0.2, 0.25) is 5.91 Å². The lowest BCUT2D eigenvalue weighted by Gasteiger charge is -2.25. The van der Waals surface area contributed by atoms with Crippen LogP contribution in [0.3, 0.4) is 0 Å². The monoisotopic (exact) mass is 413 g/mol. The standard InChI is InChI=1S/C27H27NO3/c1-3-20(23-16-10-11-19(2)17-23)18-24(29)28-25(21-12-6-4-7-13-21)26(31-27(28)30)22-14-8-5-9-15-22/h4-17,20,25-26H,3,18H2,1-2H3/t20-,25-,26+/m1/s1. The van der Waals surface area contributed by atoms with Gasteiger partial charge in [-0.1, -0.05) is 97.4 Å². The van der Waals surface area contributed by atoms with Crippen LogP contribution in [0.2, 0.25) is 0 Å². The zero-order chi connectivity index (χ0) is 21.8. The lowest BCUT2D eigenvalue weighted by atomic mass is 9.90. The Morgan fingerprint density at radius 1 is 0.935 bits per heavy atom. The molecular weight excluding hydrogens is 386 g/mol. The number of benzene rings is 3. The second-order valence-electron chi connectivity index (χ2n) is 8.06. The molecule has 3 aromatic rings. The number of hydrogen-bond acceptors (Lipinski definition) is 3. The van der Waals surface area contributed by atoms with Gasteiger partial charge in [0.05, 0.1) is 0 Å². The number of carbonyl (C=O) groups is 2. The van der Waals surface area contributed by atoms with Gasteiger partial charge in [0, 0.05) is 6.42 Å². The molecule has 158 valence electrons. The number of nitrogens with zero attached hydrogens (tertiary/aromatic N) is 1. The maximum atomic E-state index is 13.5. The van der Waals surface area contributed by atoms with Crippen LogP contribution in [0.15, 0.2) is 84.9 Å². The van der Waals surface area contributed by atoms with Crippen molar-refractivity contribution in [3.05, 3.63) is 107 Å². The fourth-order valence-corrected chi connectivity index (χ4v) is 4.33. The van der Waals surface area contributed by atoms with E-state index in [2.05, 4.69) is 19.1 Å². The Bertz CT molecular complexity index is 1050. The first kappa shape index (κ1) is 20.9. The Hall–Kier alpha value is -3.40. The molecule has 0 radical (unpaired) electrons. The quantitative estimate of drug-likeness (QED) is 0.474. The van der Waals surface area contributed by atoms with Crippen LogP contribution in [0.25, 0.3) is 0 Å². The second-order valence-corrected chi connectivity index (χ2v) is 8.06. The number of ether oxygens (including phenoxy) is 1. The van der Waals surface area contributed by atoms with E-state index in [1.165, 1.54) is 4.90 Å². The van der Waals surface area contributed by atoms with E-state index in [0.717, 1.165) is 28.7 Å². The summed E-state index contributed by atoms with van der Waals surface area (Å²) in [7, 11) is 0. The average molecular weight is 414 g/mol. The molecule has 1 aliphatic heterocycles. The molecule has 1 heterocycles. The van der Waals surface area contributed by atoms with Crippen LogP contribution in [0, 0.1) is 6.92 Å². The molecule has 1 fully saturated rings. The predicted octanol–water partition coefficient (Wildman–Crippen LogP) is 6.34. The smallest absolute Gasteiger partial charge is 0.417 e. The minimum absolute atomic E-state index is 0.0485. The number of rotatable bonds is 6. The van der Waals surface area contributed by atoms with Gasteiger partial charge >= 0.3 is 6.09 Å². The van der Waals surface area contributed by atoms with Crippen LogP contribution < -0.4 is 0 Å². The van der Waals surface area contributed by atoms with E-state index in [1.54, 1.807) is 0 Å². The van der Waals surface area contributed by atoms with Crippen LogP contribution in [0.5, 0.6) is 0 Å². The van der Waals surface area contributed by atoms with Gasteiger partial charge in [0.25, 0.3) is 0 Å². The van der Waals surface area contributed by atoms with Gasteiger partial charge in [-0.25, -0.2) is 9.69 Å². The Balaban J connectivity index is 1.66. The molecule has 3 aromatic carbocycles. The Morgan fingerprint density at radius 2 is 1.58 bits per heavy atom. The van der Waals surface area contributed by atoms with Crippen molar-refractivity contribution < 1.29 is 14.3 Å². The Labute approximate surface area is 183 Å². The SMILES string of the molecule is CC[C@H](CC(=O)N1C(=O)O[C@@H](c2ccccc2)[C@H]1c1ccccc1)c1cccc(C)c1. The summed E-state index contributed by atoms with van der Waals surface area (Å²) < 4.78 is 5.75. The third-order valence-corrected chi connectivity index (χ3v) is 5.95. The van der Waals surface area contributed by atoms with Gasteiger partial charge in [-0.05, 0) is 36.0 Å². The maximum absolute atomic E-state index is 13.5. The number of aryl methyl sites for hydroxylation is 1. The molecule has 31 heavy (non-hydrogen) atoms. The first-order valence-corrected chi connectivity index (χ1v) is 10.8. The summed E-state index contributed by atoms with van der Waals surface area (Å²) in [4.78, 5) is 27.7. The summed E-state index contributed by atoms with van der Waals surface area (Å²) >= 11 is 0. The number of carbonyl (C=O) groups excluding carboxylic acids is 2. The minimum atomic E-state index is -0.577. The molecule has 0 bridgehead atoms. The van der Waals surface area contributed by atoms with Crippen molar-refractivity contribution in [2.24, 2.45) is 0 Å². The fourth-order valence-electron chi connectivity index (χ4n) is 4.33. The summed E-state index contributed by atoms with van der Waals surface area (Å²) in [6.07, 6.45) is -0.0262. The van der Waals surface area contributed by atoms with Crippen molar-refractivity contribution in [2.45, 2.75) is 44.8 Å². The van der Waals surface area contributed by atoms with Crippen LogP contribution in [0.4, 0.5) is 4.79 Å². The first-order valence-electron chi connectivity index (χ1n) is 10.8. The summed E-state index contributed by atoms with van der Waals surface area (Å²) in [5.41, 5.74) is 4.06. The van der Waals surface area contributed by atoms with Crippen molar-refractivity contribution >= 4 is 12.0 Å². The van der Waals surface area contributed by atoms with Crippen LogP contribution in [0.1, 0.15) is 60.1 Å². The molecular formula is C27H27NO3. The minimum Gasteiger partial charge on any atom is -0.438 e. The molecule has 4 rings (SSSR count). The Morgan fingerprint density at radius 3 is 2.19 bits per heavy atom. The third-order valence-electron chi connectivity index (χ3n) is 5.95. The summed E-state index contributed by atoms with van der Waals surface area (Å²) in [6.45, 7) is 4.12. The molecule has 0 spiro atoms.